The van der Waals surface area contributed by atoms with Gasteiger partial charge in [0.1, 0.15) is 11.8 Å². The summed E-state index contributed by atoms with van der Waals surface area (Å²) in [7, 11) is 0. The molecule has 2 amide bonds. The highest BCUT2D eigenvalue weighted by molar-refractivity contribution is 5.98. The van der Waals surface area contributed by atoms with Gasteiger partial charge in [-0.25, -0.2) is 0 Å². The number of carboxylic acids is 1. The number of aryl methyl sites for hydroxylation is 1. The van der Waals surface area contributed by atoms with Crippen LogP contribution in [0, 0.1) is 6.92 Å². The van der Waals surface area contributed by atoms with Crippen LogP contribution in [0.1, 0.15) is 18.9 Å². The third-order valence-electron chi connectivity index (χ3n) is 3.37. The number of hydrogen-bond acceptors (Lipinski definition) is 4. The number of carboxylic acid groups (broad SMARTS) is 1. The van der Waals surface area contributed by atoms with E-state index in [-0.39, 0.29) is 25.5 Å². The summed E-state index contributed by atoms with van der Waals surface area (Å²) >= 11 is 0. The van der Waals surface area contributed by atoms with Gasteiger partial charge in [-0.3, -0.25) is 14.4 Å². The maximum atomic E-state index is 12.0. The Bertz CT molecular complexity index is 614. The van der Waals surface area contributed by atoms with Crippen LogP contribution < -0.4 is 15.0 Å². The van der Waals surface area contributed by atoms with Gasteiger partial charge in [0.05, 0.1) is 5.69 Å². The van der Waals surface area contributed by atoms with Crippen LogP contribution in [0.25, 0.3) is 0 Å². The summed E-state index contributed by atoms with van der Waals surface area (Å²) in [6.07, 6.45) is 0.0245. The van der Waals surface area contributed by atoms with Gasteiger partial charge in [-0.05, 0) is 31.5 Å². The van der Waals surface area contributed by atoms with Crippen molar-refractivity contribution in [2.45, 2.75) is 26.3 Å². The topological polar surface area (TPSA) is 95.9 Å². The number of ether oxygens (including phenoxy) is 1. The van der Waals surface area contributed by atoms with Gasteiger partial charge in [0.15, 0.2) is 6.61 Å². The Morgan fingerprint density at radius 3 is 2.86 bits per heavy atom. The van der Waals surface area contributed by atoms with Gasteiger partial charge < -0.3 is 20.1 Å². The number of amides is 2. The first-order chi connectivity index (χ1) is 10.4. The monoisotopic (exact) mass is 306 g/mol. The fraction of sp³-hybridized carbons (Fsp3) is 0.400. The standard InChI is InChI=1S/C15H18N2O5/c1-9-3-4-12-11(7-9)17(14(19)8-22-12)6-5-13(18)16-10(2)15(20)21/h3-4,7,10H,5-6,8H2,1-2H3,(H,16,18)(H,20,21). The number of anilines is 1. The van der Waals surface area contributed by atoms with E-state index >= 15 is 0 Å². The van der Waals surface area contributed by atoms with Gasteiger partial charge in [0.2, 0.25) is 5.91 Å². The average Bonchev–Trinajstić information content (AvgIpc) is 2.46. The molecule has 0 bridgehead atoms. The summed E-state index contributed by atoms with van der Waals surface area (Å²) < 4.78 is 5.35. The number of fused-ring (bicyclic) bond motifs is 1. The molecule has 118 valence electrons. The SMILES string of the molecule is Cc1ccc2c(c1)N(CCC(=O)NC(C)C(=O)O)C(=O)CO2. The summed E-state index contributed by atoms with van der Waals surface area (Å²) in [5.41, 5.74) is 1.61. The zero-order chi connectivity index (χ0) is 16.3. The predicted molar refractivity (Wildman–Crippen MR) is 78.9 cm³/mol. The number of aliphatic carboxylic acids is 1. The molecule has 22 heavy (non-hydrogen) atoms. The Kier molecular flexibility index (Phi) is 4.65. The Labute approximate surface area is 127 Å². The third-order valence-corrected chi connectivity index (χ3v) is 3.37. The van der Waals surface area contributed by atoms with Crippen LogP contribution in [0.15, 0.2) is 18.2 Å². The number of nitrogens with one attached hydrogen (secondary N) is 1. The van der Waals surface area contributed by atoms with Crippen molar-refractivity contribution in [3.8, 4) is 5.75 Å². The Hall–Kier alpha value is -2.57. The van der Waals surface area contributed by atoms with Crippen LogP contribution in [0.2, 0.25) is 0 Å². The lowest BCUT2D eigenvalue weighted by atomic mass is 10.1. The van der Waals surface area contributed by atoms with Crippen molar-refractivity contribution in [1.82, 2.24) is 5.32 Å². The van der Waals surface area contributed by atoms with E-state index in [1.54, 1.807) is 6.07 Å². The zero-order valence-electron chi connectivity index (χ0n) is 12.5. The van der Waals surface area contributed by atoms with Crippen LogP contribution in [-0.2, 0) is 14.4 Å². The molecule has 0 radical (unpaired) electrons. The van der Waals surface area contributed by atoms with Crippen LogP contribution in [0.4, 0.5) is 5.69 Å². The Balaban J connectivity index is 2.04. The molecule has 7 heteroatoms. The van der Waals surface area contributed by atoms with Crippen molar-refractivity contribution in [3.63, 3.8) is 0 Å². The Morgan fingerprint density at radius 2 is 2.18 bits per heavy atom. The number of rotatable bonds is 5. The minimum Gasteiger partial charge on any atom is -0.482 e. The second kappa shape index (κ2) is 6.46. The average molecular weight is 306 g/mol. The van der Waals surface area contributed by atoms with Gasteiger partial charge in [-0.15, -0.1) is 0 Å². The number of nitrogens with zero attached hydrogens (tertiary/aromatic N) is 1. The fourth-order valence-corrected chi connectivity index (χ4v) is 2.15. The normalized spacial score (nSPS) is 14.8. The molecule has 1 aliphatic rings. The van der Waals surface area contributed by atoms with E-state index in [9.17, 15) is 14.4 Å². The highest BCUT2D eigenvalue weighted by atomic mass is 16.5. The van der Waals surface area contributed by atoms with E-state index in [2.05, 4.69) is 5.32 Å². The van der Waals surface area contributed by atoms with Crippen LogP contribution in [-0.4, -0.2) is 42.1 Å². The largest absolute Gasteiger partial charge is 0.482 e. The highest BCUT2D eigenvalue weighted by Gasteiger charge is 2.26. The lowest BCUT2D eigenvalue weighted by molar-refractivity contribution is -0.141. The molecule has 0 fully saturated rings. The minimum atomic E-state index is -1.10. The van der Waals surface area contributed by atoms with Crippen molar-refractivity contribution < 1.29 is 24.2 Å². The molecule has 2 N–H and O–H groups in total. The summed E-state index contributed by atoms with van der Waals surface area (Å²) in [5, 5.41) is 11.1. The maximum absolute atomic E-state index is 12.0. The van der Waals surface area contributed by atoms with Crippen molar-refractivity contribution in [2.24, 2.45) is 0 Å². The molecule has 1 unspecified atom stereocenters. The van der Waals surface area contributed by atoms with Crippen LogP contribution in [0.5, 0.6) is 5.75 Å². The molecule has 0 aliphatic carbocycles. The smallest absolute Gasteiger partial charge is 0.325 e. The summed E-state index contributed by atoms with van der Waals surface area (Å²) in [6, 6.07) is 4.54. The number of carbonyl (C=O) groups excluding carboxylic acids is 2. The Morgan fingerprint density at radius 1 is 1.45 bits per heavy atom. The molecule has 0 saturated carbocycles. The summed E-state index contributed by atoms with van der Waals surface area (Å²) in [4.78, 5) is 35.9. The van der Waals surface area contributed by atoms with Gasteiger partial charge in [0, 0.05) is 13.0 Å². The maximum Gasteiger partial charge on any atom is 0.325 e. The zero-order valence-corrected chi connectivity index (χ0v) is 12.5. The molecular formula is C15H18N2O5. The molecule has 0 spiro atoms. The van der Waals surface area contributed by atoms with Crippen molar-refractivity contribution in [2.75, 3.05) is 18.1 Å². The van der Waals surface area contributed by atoms with Crippen LogP contribution >= 0.6 is 0 Å². The molecular weight excluding hydrogens is 288 g/mol. The molecule has 1 aromatic carbocycles. The van der Waals surface area contributed by atoms with E-state index in [0.29, 0.717) is 11.4 Å². The van der Waals surface area contributed by atoms with E-state index in [0.717, 1.165) is 5.56 Å². The van der Waals surface area contributed by atoms with E-state index in [1.807, 2.05) is 19.1 Å². The van der Waals surface area contributed by atoms with Gasteiger partial charge in [0.25, 0.3) is 5.91 Å². The first-order valence-corrected chi connectivity index (χ1v) is 6.94. The lowest BCUT2D eigenvalue weighted by Gasteiger charge is -2.29. The number of benzene rings is 1. The molecule has 1 aromatic rings. The molecule has 0 saturated heterocycles. The number of hydrogen-bond donors (Lipinski definition) is 2. The predicted octanol–water partition coefficient (Wildman–Crippen LogP) is 0.700. The lowest BCUT2D eigenvalue weighted by Crippen LogP contribution is -2.43. The molecule has 1 heterocycles. The summed E-state index contributed by atoms with van der Waals surface area (Å²) in [5.74, 6) is -1.14. The van der Waals surface area contributed by atoms with Gasteiger partial charge >= 0.3 is 5.97 Å². The van der Waals surface area contributed by atoms with Crippen molar-refractivity contribution in [3.05, 3.63) is 23.8 Å². The van der Waals surface area contributed by atoms with Crippen molar-refractivity contribution >= 4 is 23.5 Å². The third kappa shape index (κ3) is 3.55. The first kappa shape index (κ1) is 15.8. The van der Waals surface area contributed by atoms with Gasteiger partial charge in [-0.1, -0.05) is 6.07 Å². The minimum absolute atomic E-state index is 0.0245. The second-order valence-electron chi connectivity index (χ2n) is 5.18. The van der Waals surface area contributed by atoms with E-state index in [1.165, 1.54) is 11.8 Å². The highest BCUT2D eigenvalue weighted by Crippen LogP contribution is 2.32. The van der Waals surface area contributed by atoms with Gasteiger partial charge in [-0.2, -0.15) is 0 Å². The quantitative estimate of drug-likeness (QED) is 0.835. The second-order valence-corrected chi connectivity index (χ2v) is 5.18. The first-order valence-electron chi connectivity index (χ1n) is 6.94. The van der Waals surface area contributed by atoms with E-state index < -0.39 is 17.9 Å². The van der Waals surface area contributed by atoms with Crippen LogP contribution in [0.3, 0.4) is 0 Å². The van der Waals surface area contributed by atoms with Crippen molar-refractivity contribution in [1.29, 1.82) is 0 Å². The number of carbonyl (C=O) groups is 3. The van der Waals surface area contributed by atoms with E-state index in [4.69, 9.17) is 9.84 Å². The molecule has 2 rings (SSSR count). The molecule has 7 nitrogen and oxygen atoms in total. The molecule has 0 aromatic heterocycles. The molecule has 1 aliphatic heterocycles. The molecule has 1 atom stereocenters. The summed E-state index contributed by atoms with van der Waals surface area (Å²) in [6.45, 7) is 3.40. The fourth-order valence-electron chi connectivity index (χ4n) is 2.15.